The van der Waals surface area contributed by atoms with E-state index in [1.54, 1.807) is 6.08 Å². The Morgan fingerprint density at radius 3 is 1.20 bits per heavy atom. The summed E-state index contributed by atoms with van der Waals surface area (Å²) in [6, 6.07) is -0.910. The summed E-state index contributed by atoms with van der Waals surface area (Å²) >= 11 is 0. The number of carbonyl (C=O) groups excluding carboxylic acids is 1. The maximum absolute atomic E-state index is 13.3. The molecule has 2 aliphatic rings. The first kappa shape index (κ1) is 73.6. The van der Waals surface area contributed by atoms with Crippen LogP contribution in [0.1, 0.15) is 290 Å². The fraction of sp³-hybridized carbons (Fsp3) is 0.923. The first-order valence-corrected chi connectivity index (χ1v) is 33.1. The second-order valence-corrected chi connectivity index (χ2v) is 23.6. The second-order valence-electron chi connectivity index (χ2n) is 23.6. The third-order valence-electron chi connectivity index (χ3n) is 16.4. The van der Waals surface area contributed by atoms with Gasteiger partial charge in [0, 0.05) is 6.42 Å². The lowest BCUT2D eigenvalue weighted by Crippen LogP contribution is -2.65. The van der Waals surface area contributed by atoms with Gasteiger partial charge in [-0.1, -0.05) is 263 Å². The van der Waals surface area contributed by atoms with Crippen LogP contribution in [0.2, 0.25) is 0 Å². The summed E-state index contributed by atoms with van der Waals surface area (Å²) in [5, 5.41) is 87.1. The highest BCUT2D eigenvalue weighted by Crippen LogP contribution is 2.30. The Kier molecular flexibility index (Phi) is 47.4. The minimum absolute atomic E-state index is 0.235. The van der Waals surface area contributed by atoms with Crippen molar-refractivity contribution in [2.45, 2.75) is 364 Å². The molecule has 0 radical (unpaired) electrons. The van der Waals surface area contributed by atoms with Gasteiger partial charge in [0.2, 0.25) is 5.91 Å². The van der Waals surface area contributed by atoms with E-state index >= 15 is 0 Å². The van der Waals surface area contributed by atoms with Gasteiger partial charge in [-0.3, -0.25) is 4.79 Å². The minimum Gasteiger partial charge on any atom is -0.394 e. The zero-order valence-electron chi connectivity index (χ0n) is 50.4. The Balaban J connectivity index is 1.60. The van der Waals surface area contributed by atoms with Crippen molar-refractivity contribution in [3.05, 3.63) is 24.3 Å². The van der Waals surface area contributed by atoms with Crippen LogP contribution in [0.15, 0.2) is 24.3 Å². The molecule has 12 unspecified atom stereocenters. The fourth-order valence-corrected chi connectivity index (χ4v) is 11.1. The summed E-state index contributed by atoms with van der Waals surface area (Å²) in [6.45, 7) is 2.81. The molecule has 2 fully saturated rings. The number of aliphatic hydroxyl groups excluding tert-OH is 8. The molecule has 14 heteroatoms. The number of carbonyl (C=O) groups is 1. The number of amides is 1. The Labute approximate surface area is 481 Å². The van der Waals surface area contributed by atoms with Crippen LogP contribution in [0.4, 0.5) is 0 Å². The van der Waals surface area contributed by atoms with Gasteiger partial charge in [0.15, 0.2) is 12.6 Å². The lowest BCUT2D eigenvalue weighted by molar-refractivity contribution is -0.359. The summed E-state index contributed by atoms with van der Waals surface area (Å²) in [5.74, 6) is -0.235. The van der Waals surface area contributed by atoms with E-state index in [0.717, 1.165) is 38.5 Å². The molecule has 0 bridgehead atoms. The monoisotopic (exact) mass is 1130 g/mol. The molecule has 12 atom stereocenters. The SMILES string of the molecule is CCCCCCCCCC/C=C\CCCCCCCCCCCCCCCCCCCCCCCC(=O)NC(COC1OC(CO)C(OC2OC(CO)C(O)C(O)C2O)C(O)C1O)C(O)/C=C/CCCCCCCCCCCC. The molecule has 2 aliphatic heterocycles. The zero-order valence-corrected chi connectivity index (χ0v) is 50.4. The second kappa shape index (κ2) is 50.9. The van der Waals surface area contributed by atoms with Gasteiger partial charge in [0.25, 0.3) is 0 Å². The molecule has 0 aliphatic carbocycles. The highest BCUT2D eigenvalue weighted by Gasteiger charge is 2.51. The standard InChI is InChI=1S/C65H123NO13/c1-3-5-7-9-11-13-15-17-18-19-20-21-22-23-24-25-26-27-28-29-30-31-32-33-34-35-36-37-39-41-43-45-47-49-57(70)66-53(54(69)48-46-44-42-40-38-16-14-12-10-8-6-4-2)52-76-64-62(75)60(73)63(56(51-68)78-64)79-65-61(74)59(72)58(71)55(50-67)77-65/h19-20,46,48,53-56,58-65,67-69,71-75H,3-18,21-45,47,49-52H2,1-2H3,(H,66,70)/b20-19-,48-46+. The Morgan fingerprint density at radius 2 is 0.797 bits per heavy atom. The first-order valence-electron chi connectivity index (χ1n) is 33.1. The minimum atomic E-state index is -1.79. The molecule has 2 heterocycles. The van der Waals surface area contributed by atoms with Crippen LogP contribution < -0.4 is 5.32 Å². The number of unbranched alkanes of at least 4 members (excludes halogenated alkanes) is 39. The van der Waals surface area contributed by atoms with E-state index in [-0.39, 0.29) is 18.9 Å². The highest BCUT2D eigenvalue weighted by atomic mass is 16.7. The van der Waals surface area contributed by atoms with Crippen LogP contribution in [0.5, 0.6) is 0 Å². The Bertz CT molecular complexity index is 1420. The summed E-state index contributed by atoms with van der Waals surface area (Å²) in [7, 11) is 0. The number of rotatable bonds is 54. The zero-order chi connectivity index (χ0) is 57.4. The predicted octanol–water partition coefficient (Wildman–Crippen LogP) is 12.4. The lowest BCUT2D eigenvalue weighted by atomic mass is 9.97. The molecule has 0 aromatic heterocycles. The number of allylic oxidation sites excluding steroid dienone is 3. The summed E-state index contributed by atoms with van der Waals surface area (Å²) in [6.07, 6.45) is 45.4. The first-order chi connectivity index (χ1) is 38.6. The van der Waals surface area contributed by atoms with Crippen molar-refractivity contribution >= 4 is 5.91 Å². The van der Waals surface area contributed by atoms with E-state index in [4.69, 9.17) is 18.9 Å². The maximum atomic E-state index is 13.3. The molecule has 79 heavy (non-hydrogen) atoms. The smallest absolute Gasteiger partial charge is 0.220 e. The number of aliphatic hydroxyl groups is 8. The third-order valence-corrected chi connectivity index (χ3v) is 16.4. The van der Waals surface area contributed by atoms with Crippen LogP contribution in [-0.2, 0) is 23.7 Å². The average molecular weight is 1130 g/mol. The van der Waals surface area contributed by atoms with Crippen molar-refractivity contribution in [1.82, 2.24) is 5.32 Å². The molecule has 0 aromatic carbocycles. The molecular formula is C65H123NO13. The van der Waals surface area contributed by atoms with Gasteiger partial charge in [-0.15, -0.1) is 0 Å². The van der Waals surface area contributed by atoms with Crippen molar-refractivity contribution in [3.8, 4) is 0 Å². The van der Waals surface area contributed by atoms with E-state index in [1.165, 1.54) is 225 Å². The van der Waals surface area contributed by atoms with Crippen molar-refractivity contribution in [1.29, 1.82) is 0 Å². The van der Waals surface area contributed by atoms with Crippen molar-refractivity contribution in [2.24, 2.45) is 0 Å². The average Bonchev–Trinajstić information content (AvgIpc) is 3.49. The fourth-order valence-electron chi connectivity index (χ4n) is 11.1. The van der Waals surface area contributed by atoms with Crippen LogP contribution >= 0.6 is 0 Å². The van der Waals surface area contributed by atoms with Crippen molar-refractivity contribution in [2.75, 3.05) is 19.8 Å². The lowest BCUT2D eigenvalue weighted by Gasteiger charge is -2.46. The number of hydrogen-bond donors (Lipinski definition) is 9. The highest BCUT2D eigenvalue weighted by molar-refractivity contribution is 5.76. The molecule has 14 nitrogen and oxygen atoms in total. The number of ether oxygens (including phenoxy) is 4. The van der Waals surface area contributed by atoms with Crippen LogP contribution in [-0.4, -0.2) is 140 Å². The maximum Gasteiger partial charge on any atom is 0.220 e. The van der Waals surface area contributed by atoms with Crippen molar-refractivity contribution in [3.63, 3.8) is 0 Å². The van der Waals surface area contributed by atoms with E-state index in [2.05, 4.69) is 31.3 Å². The van der Waals surface area contributed by atoms with Gasteiger partial charge in [-0.25, -0.2) is 0 Å². The van der Waals surface area contributed by atoms with E-state index in [9.17, 15) is 45.6 Å². The van der Waals surface area contributed by atoms with E-state index in [1.807, 2.05) is 6.08 Å². The predicted molar refractivity (Wildman–Crippen MR) is 318 cm³/mol. The molecule has 1 amide bonds. The van der Waals surface area contributed by atoms with Crippen LogP contribution in [0.3, 0.4) is 0 Å². The summed E-state index contributed by atoms with van der Waals surface area (Å²) in [4.78, 5) is 13.3. The Hall–Kier alpha value is -1.53. The molecular weight excluding hydrogens is 1000 g/mol. The summed E-state index contributed by atoms with van der Waals surface area (Å²) in [5.41, 5.74) is 0. The van der Waals surface area contributed by atoms with Gasteiger partial charge in [0.05, 0.1) is 32.0 Å². The van der Waals surface area contributed by atoms with Crippen LogP contribution in [0, 0.1) is 0 Å². The van der Waals surface area contributed by atoms with Gasteiger partial charge in [-0.05, 0) is 44.9 Å². The Morgan fingerprint density at radius 1 is 0.443 bits per heavy atom. The molecule has 0 spiro atoms. The van der Waals surface area contributed by atoms with Gasteiger partial charge in [-0.2, -0.15) is 0 Å². The van der Waals surface area contributed by atoms with Gasteiger partial charge in [0.1, 0.15) is 48.8 Å². The molecule has 2 rings (SSSR count). The third kappa shape index (κ3) is 36.0. The van der Waals surface area contributed by atoms with E-state index in [0.29, 0.717) is 6.42 Å². The van der Waals surface area contributed by atoms with Crippen LogP contribution in [0.25, 0.3) is 0 Å². The van der Waals surface area contributed by atoms with Gasteiger partial charge >= 0.3 is 0 Å². The molecule has 9 N–H and O–H groups in total. The summed E-state index contributed by atoms with van der Waals surface area (Å²) < 4.78 is 22.8. The molecule has 0 saturated carbocycles. The van der Waals surface area contributed by atoms with Gasteiger partial charge < -0.3 is 65.1 Å². The number of nitrogens with one attached hydrogen (secondary N) is 1. The molecule has 466 valence electrons. The molecule has 0 aromatic rings. The molecule has 2 saturated heterocycles. The topological polar surface area (TPSA) is 228 Å². The number of hydrogen-bond acceptors (Lipinski definition) is 13. The van der Waals surface area contributed by atoms with Crippen molar-refractivity contribution < 1.29 is 64.6 Å². The largest absolute Gasteiger partial charge is 0.394 e. The normalized spacial score (nSPS) is 24.5. The quantitative estimate of drug-likeness (QED) is 0.0204. The van der Waals surface area contributed by atoms with E-state index < -0.39 is 86.8 Å².